The number of rotatable bonds is 10. The van der Waals surface area contributed by atoms with Gasteiger partial charge in [0.25, 0.3) is 5.19 Å². The van der Waals surface area contributed by atoms with Crippen LogP contribution in [0.5, 0.6) is 5.19 Å². The summed E-state index contributed by atoms with van der Waals surface area (Å²) < 4.78 is 57.6. The summed E-state index contributed by atoms with van der Waals surface area (Å²) in [5.74, 6) is 0.359. The van der Waals surface area contributed by atoms with Crippen LogP contribution < -0.4 is 4.74 Å². The summed E-state index contributed by atoms with van der Waals surface area (Å²) in [5.41, 5.74) is 0.357. The molecule has 1 fully saturated rings. The van der Waals surface area contributed by atoms with Gasteiger partial charge in [0.1, 0.15) is 11.5 Å². The summed E-state index contributed by atoms with van der Waals surface area (Å²) in [4.78, 5) is 21.5. The molecule has 0 atom stereocenters. The van der Waals surface area contributed by atoms with Crippen molar-refractivity contribution in [3.05, 3.63) is 22.5 Å². The second-order valence-electron chi connectivity index (χ2n) is 9.99. The Bertz CT molecular complexity index is 991. The van der Waals surface area contributed by atoms with Gasteiger partial charge < -0.3 is 9.64 Å². The van der Waals surface area contributed by atoms with Crippen LogP contribution in [-0.2, 0) is 31.1 Å². The molecule has 2 aromatic heterocycles. The van der Waals surface area contributed by atoms with Gasteiger partial charge >= 0.3 is 6.18 Å². The second kappa shape index (κ2) is 11.5. The highest BCUT2D eigenvalue weighted by atomic mass is 32.1. The van der Waals surface area contributed by atoms with Gasteiger partial charge in [-0.25, -0.2) is 9.37 Å². The average molecular weight is 532 g/mol. The molecule has 1 aliphatic carbocycles. The molecular formula is C24H33F4N5O2S. The highest BCUT2D eigenvalue weighted by molar-refractivity contribution is 7.13. The fraction of sp³-hybridized carbons (Fsp3) is 0.750. The van der Waals surface area contributed by atoms with Crippen molar-refractivity contribution >= 4 is 17.1 Å². The molecule has 1 aliphatic heterocycles. The van der Waals surface area contributed by atoms with Gasteiger partial charge in [0.2, 0.25) is 0 Å². The van der Waals surface area contributed by atoms with Gasteiger partial charge in [-0.05, 0) is 44.4 Å². The van der Waals surface area contributed by atoms with E-state index in [9.17, 15) is 18.0 Å². The first-order valence-electron chi connectivity index (χ1n) is 12.5. The molecule has 12 heteroatoms. The van der Waals surface area contributed by atoms with Crippen LogP contribution in [0.3, 0.4) is 0 Å². The molecule has 1 saturated carbocycles. The van der Waals surface area contributed by atoms with E-state index in [2.05, 4.69) is 20.1 Å². The number of carbonyl (C=O) groups is 1. The summed E-state index contributed by atoms with van der Waals surface area (Å²) in [7, 11) is 1.72. The molecule has 200 valence electrons. The summed E-state index contributed by atoms with van der Waals surface area (Å²) in [6.07, 6.45) is 1.44. The molecule has 2 aliphatic rings. The minimum Gasteiger partial charge on any atom is -0.470 e. The van der Waals surface area contributed by atoms with E-state index in [1.807, 2.05) is 0 Å². The van der Waals surface area contributed by atoms with Gasteiger partial charge in [0.05, 0.1) is 37.0 Å². The molecule has 36 heavy (non-hydrogen) atoms. The monoisotopic (exact) mass is 531 g/mol. The van der Waals surface area contributed by atoms with Crippen LogP contribution in [0.25, 0.3) is 0 Å². The maximum absolute atomic E-state index is 15.5. The van der Waals surface area contributed by atoms with Crippen LogP contribution in [0, 0.1) is 5.92 Å². The lowest BCUT2D eigenvalue weighted by atomic mass is 9.76. The number of Topliss-reactive ketones (excluding diaryl/α,β-unsaturated/α-hetero) is 1. The van der Waals surface area contributed by atoms with Crippen LogP contribution in [0.1, 0.15) is 61.2 Å². The molecule has 3 heterocycles. The van der Waals surface area contributed by atoms with Gasteiger partial charge in [-0.15, -0.1) is 0 Å². The number of fused-ring (bicyclic) bond motifs is 1. The number of thiazole rings is 1. The number of ether oxygens (including phenoxy) is 1. The fourth-order valence-electron chi connectivity index (χ4n) is 5.00. The molecule has 0 spiro atoms. The maximum Gasteiger partial charge on any atom is 0.392 e. The normalized spacial score (nSPS) is 23.3. The third-order valence-electron chi connectivity index (χ3n) is 7.11. The van der Waals surface area contributed by atoms with Crippen LogP contribution in [0.2, 0.25) is 0 Å². The number of ketones is 1. The predicted octanol–water partition coefficient (Wildman–Crippen LogP) is 4.49. The Morgan fingerprint density at radius 2 is 2.00 bits per heavy atom. The lowest BCUT2D eigenvalue weighted by molar-refractivity contribution is -0.139. The Kier molecular flexibility index (Phi) is 8.64. The van der Waals surface area contributed by atoms with Crippen molar-refractivity contribution in [1.29, 1.82) is 0 Å². The molecule has 0 aromatic carbocycles. The Hall–Kier alpha value is -2.08. The van der Waals surface area contributed by atoms with Crippen LogP contribution in [0.4, 0.5) is 17.6 Å². The number of aromatic nitrogens is 4. The molecule has 0 N–H and O–H groups in total. The van der Waals surface area contributed by atoms with Gasteiger partial charge in [-0.1, -0.05) is 11.3 Å². The van der Waals surface area contributed by atoms with E-state index >= 15 is 4.39 Å². The summed E-state index contributed by atoms with van der Waals surface area (Å²) >= 11 is 1.32. The zero-order chi connectivity index (χ0) is 25.8. The molecular weight excluding hydrogens is 498 g/mol. The SMILES string of the molecule is Cn1ncc(CC(=O)CC2CCC(F)(CCN3CCc4nc(OCCC(F)(F)F)sc4CC3)CC2)n1. The van der Waals surface area contributed by atoms with Crippen molar-refractivity contribution in [1.82, 2.24) is 24.9 Å². The minimum atomic E-state index is -4.24. The van der Waals surface area contributed by atoms with Crippen molar-refractivity contribution in [3.8, 4) is 5.19 Å². The number of hydrogen-bond acceptors (Lipinski definition) is 7. The highest BCUT2D eigenvalue weighted by Crippen LogP contribution is 2.39. The molecule has 2 aromatic rings. The Morgan fingerprint density at radius 1 is 1.25 bits per heavy atom. The molecule has 0 radical (unpaired) electrons. The third kappa shape index (κ3) is 7.96. The first-order valence-corrected chi connectivity index (χ1v) is 13.3. The molecule has 0 unspecified atom stereocenters. The first-order chi connectivity index (χ1) is 17.1. The zero-order valence-corrected chi connectivity index (χ0v) is 21.3. The van der Waals surface area contributed by atoms with Crippen LogP contribution in [-0.4, -0.2) is 68.7 Å². The Balaban J connectivity index is 1.16. The molecule has 7 nitrogen and oxygen atoms in total. The first kappa shape index (κ1) is 27.0. The van der Waals surface area contributed by atoms with Gasteiger partial charge in [0.15, 0.2) is 0 Å². The van der Waals surface area contributed by atoms with Crippen molar-refractivity contribution in [2.45, 2.75) is 76.1 Å². The van der Waals surface area contributed by atoms with E-state index in [1.54, 1.807) is 13.2 Å². The fourth-order valence-corrected chi connectivity index (χ4v) is 5.97. The lowest BCUT2D eigenvalue weighted by Gasteiger charge is -2.35. The van der Waals surface area contributed by atoms with Crippen molar-refractivity contribution in [2.24, 2.45) is 13.0 Å². The number of halogens is 4. The number of hydrogen-bond donors (Lipinski definition) is 0. The van der Waals surface area contributed by atoms with Crippen LogP contribution >= 0.6 is 11.3 Å². The van der Waals surface area contributed by atoms with E-state index in [0.717, 1.165) is 42.9 Å². The third-order valence-corrected chi connectivity index (χ3v) is 8.18. The van der Waals surface area contributed by atoms with Crippen molar-refractivity contribution < 1.29 is 27.1 Å². The summed E-state index contributed by atoms with van der Waals surface area (Å²) in [6.45, 7) is 1.76. The summed E-state index contributed by atoms with van der Waals surface area (Å²) in [5, 5.41) is 8.44. The van der Waals surface area contributed by atoms with Crippen LogP contribution in [0.15, 0.2) is 6.20 Å². The largest absolute Gasteiger partial charge is 0.470 e. The number of carbonyl (C=O) groups excluding carboxylic acids is 1. The number of nitrogens with zero attached hydrogens (tertiary/aromatic N) is 5. The highest BCUT2D eigenvalue weighted by Gasteiger charge is 2.36. The van der Waals surface area contributed by atoms with Gasteiger partial charge in [-0.3, -0.25) is 4.79 Å². The van der Waals surface area contributed by atoms with E-state index in [-0.39, 0.29) is 18.1 Å². The molecule has 4 rings (SSSR count). The molecule has 0 bridgehead atoms. The topological polar surface area (TPSA) is 73.1 Å². The lowest BCUT2D eigenvalue weighted by Crippen LogP contribution is -2.36. The van der Waals surface area contributed by atoms with Crippen molar-refractivity contribution in [2.75, 3.05) is 26.2 Å². The smallest absolute Gasteiger partial charge is 0.392 e. The Labute approximate surface area is 212 Å². The second-order valence-corrected chi connectivity index (χ2v) is 11.0. The maximum atomic E-state index is 15.5. The summed E-state index contributed by atoms with van der Waals surface area (Å²) in [6, 6.07) is 0. The minimum absolute atomic E-state index is 0.131. The number of alkyl halides is 4. The van der Waals surface area contributed by atoms with Crippen molar-refractivity contribution in [3.63, 3.8) is 0 Å². The van der Waals surface area contributed by atoms with E-state index in [4.69, 9.17) is 4.74 Å². The zero-order valence-electron chi connectivity index (χ0n) is 20.5. The quantitative estimate of drug-likeness (QED) is 0.421. The Morgan fingerprint density at radius 3 is 2.69 bits per heavy atom. The average Bonchev–Trinajstić information content (AvgIpc) is 3.34. The molecule has 0 amide bonds. The van der Waals surface area contributed by atoms with E-state index in [0.29, 0.717) is 49.5 Å². The van der Waals surface area contributed by atoms with E-state index < -0.39 is 24.9 Å². The van der Waals surface area contributed by atoms with Gasteiger partial charge in [-0.2, -0.15) is 28.2 Å². The van der Waals surface area contributed by atoms with Gasteiger partial charge in [0, 0.05) is 44.4 Å². The standard InChI is InChI=1S/C24H33F4N5O2S/c1-32-29-16-18(31-32)15-19(34)14-17-2-6-23(25,7-3-17)8-12-33-10-4-20-21(5-11-33)36-22(30-20)35-13-9-24(26,27)28/h16-17H,2-15H2,1H3. The van der Waals surface area contributed by atoms with E-state index in [1.165, 1.54) is 16.1 Å². The predicted molar refractivity (Wildman–Crippen MR) is 127 cm³/mol. The number of aryl methyl sites for hydroxylation is 1. The molecule has 0 saturated heterocycles.